The molecule has 20 heavy (non-hydrogen) atoms. The summed E-state index contributed by atoms with van der Waals surface area (Å²) in [5, 5.41) is 3.19. The van der Waals surface area contributed by atoms with Gasteiger partial charge in [-0.25, -0.2) is 15.0 Å². The summed E-state index contributed by atoms with van der Waals surface area (Å²) < 4.78 is 38.6. The van der Waals surface area contributed by atoms with Crippen molar-refractivity contribution < 1.29 is 13.2 Å². The summed E-state index contributed by atoms with van der Waals surface area (Å²) in [6, 6.07) is 0.0474. The molecule has 108 valence electrons. The van der Waals surface area contributed by atoms with E-state index in [2.05, 4.69) is 25.3 Å². The van der Waals surface area contributed by atoms with Gasteiger partial charge < -0.3 is 15.2 Å². The minimum atomic E-state index is -4.58. The van der Waals surface area contributed by atoms with Crippen LogP contribution in [0.4, 0.5) is 19.0 Å². The highest BCUT2D eigenvalue weighted by Gasteiger charge is 2.37. The maximum Gasteiger partial charge on any atom is 0.451 e. The van der Waals surface area contributed by atoms with Crippen molar-refractivity contribution in [2.45, 2.75) is 19.1 Å². The highest BCUT2D eigenvalue weighted by molar-refractivity contribution is 5.83. The fraction of sp³-hybridized carbons (Fsp3) is 0.545. The van der Waals surface area contributed by atoms with Crippen LogP contribution >= 0.6 is 0 Å². The number of hydrogen-bond acceptors (Lipinski definition) is 5. The Labute approximate surface area is 112 Å². The smallest absolute Gasteiger partial charge is 0.349 e. The van der Waals surface area contributed by atoms with Crippen LogP contribution in [0.15, 0.2) is 6.33 Å². The quantitative estimate of drug-likeness (QED) is 0.823. The molecule has 0 aliphatic carbocycles. The second-order valence-electron chi connectivity index (χ2n) is 4.72. The standard InChI is InChI=1S/C11H13F3N6/c1-6-4-15-2-3-20(6)9-7-8(17-5-16-7)18-10(19-9)11(12,13)14/h5-6,15H,2-4H2,1H3,(H,16,17,18,19)/t6-/m1/s1. The van der Waals surface area contributed by atoms with E-state index >= 15 is 0 Å². The zero-order valence-corrected chi connectivity index (χ0v) is 10.7. The van der Waals surface area contributed by atoms with Gasteiger partial charge in [-0.05, 0) is 6.92 Å². The molecule has 1 aliphatic rings. The predicted octanol–water partition coefficient (Wildman–Crippen LogP) is 1.17. The zero-order chi connectivity index (χ0) is 14.3. The van der Waals surface area contributed by atoms with Crippen LogP contribution in [0.1, 0.15) is 12.7 Å². The van der Waals surface area contributed by atoms with Crippen LogP contribution in [-0.2, 0) is 6.18 Å². The molecule has 3 heterocycles. The van der Waals surface area contributed by atoms with Crippen molar-refractivity contribution in [2.75, 3.05) is 24.5 Å². The molecule has 1 aliphatic heterocycles. The average molecular weight is 286 g/mol. The van der Waals surface area contributed by atoms with E-state index in [1.165, 1.54) is 6.33 Å². The molecule has 0 spiro atoms. The topological polar surface area (TPSA) is 69.7 Å². The van der Waals surface area contributed by atoms with Crippen LogP contribution in [0, 0.1) is 0 Å². The van der Waals surface area contributed by atoms with E-state index in [0.29, 0.717) is 25.2 Å². The first-order valence-electron chi connectivity index (χ1n) is 6.22. The van der Waals surface area contributed by atoms with Gasteiger partial charge in [0, 0.05) is 25.7 Å². The van der Waals surface area contributed by atoms with Crippen LogP contribution in [0.25, 0.3) is 11.2 Å². The lowest BCUT2D eigenvalue weighted by molar-refractivity contribution is -0.144. The van der Waals surface area contributed by atoms with E-state index < -0.39 is 12.0 Å². The third-order valence-electron chi connectivity index (χ3n) is 3.29. The summed E-state index contributed by atoms with van der Waals surface area (Å²) in [6.07, 6.45) is -3.25. The Balaban J connectivity index is 2.14. The Bertz CT molecular complexity index is 622. The van der Waals surface area contributed by atoms with Gasteiger partial charge in [-0.3, -0.25) is 0 Å². The number of piperazine rings is 1. The molecule has 2 aromatic rings. The van der Waals surface area contributed by atoms with Gasteiger partial charge >= 0.3 is 6.18 Å². The molecule has 1 saturated heterocycles. The highest BCUT2D eigenvalue weighted by Crippen LogP contribution is 2.31. The highest BCUT2D eigenvalue weighted by atomic mass is 19.4. The maximum absolute atomic E-state index is 12.9. The van der Waals surface area contributed by atoms with Crippen LogP contribution in [0.3, 0.4) is 0 Å². The number of alkyl halides is 3. The summed E-state index contributed by atoms with van der Waals surface area (Å²) in [6.45, 7) is 3.92. The molecule has 1 atom stereocenters. The number of halogens is 3. The Morgan fingerprint density at radius 1 is 1.35 bits per heavy atom. The molecule has 9 heteroatoms. The van der Waals surface area contributed by atoms with E-state index in [1.807, 2.05) is 11.8 Å². The first kappa shape index (κ1) is 13.1. The molecule has 2 N–H and O–H groups in total. The molecular formula is C11H13F3N6. The minimum Gasteiger partial charge on any atom is -0.349 e. The molecule has 0 radical (unpaired) electrons. The summed E-state index contributed by atoms with van der Waals surface area (Å²) in [4.78, 5) is 15.7. The predicted molar refractivity (Wildman–Crippen MR) is 66.4 cm³/mol. The molecule has 0 bridgehead atoms. The number of nitrogens with zero attached hydrogens (tertiary/aromatic N) is 4. The Morgan fingerprint density at radius 3 is 2.85 bits per heavy atom. The second-order valence-corrected chi connectivity index (χ2v) is 4.72. The van der Waals surface area contributed by atoms with Gasteiger partial charge in [-0.2, -0.15) is 13.2 Å². The molecule has 0 saturated carbocycles. The van der Waals surface area contributed by atoms with Crippen molar-refractivity contribution in [2.24, 2.45) is 0 Å². The zero-order valence-electron chi connectivity index (χ0n) is 10.7. The van der Waals surface area contributed by atoms with E-state index in [-0.39, 0.29) is 17.5 Å². The van der Waals surface area contributed by atoms with Gasteiger partial charge in [-0.1, -0.05) is 0 Å². The van der Waals surface area contributed by atoms with Crippen molar-refractivity contribution >= 4 is 17.0 Å². The van der Waals surface area contributed by atoms with Crippen LogP contribution in [-0.4, -0.2) is 45.6 Å². The number of rotatable bonds is 1. The van der Waals surface area contributed by atoms with Crippen molar-refractivity contribution in [3.63, 3.8) is 0 Å². The number of nitrogens with one attached hydrogen (secondary N) is 2. The fourth-order valence-corrected chi connectivity index (χ4v) is 2.31. The van der Waals surface area contributed by atoms with Gasteiger partial charge in [0.2, 0.25) is 5.82 Å². The molecule has 3 rings (SSSR count). The molecular weight excluding hydrogens is 273 g/mol. The lowest BCUT2D eigenvalue weighted by Crippen LogP contribution is -2.50. The monoisotopic (exact) mass is 286 g/mol. The number of imidazole rings is 1. The Morgan fingerprint density at radius 2 is 2.15 bits per heavy atom. The van der Waals surface area contributed by atoms with Crippen molar-refractivity contribution in [3.8, 4) is 0 Å². The van der Waals surface area contributed by atoms with Gasteiger partial charge in [0.05, 0.1) is 6.33 Å². The summed E-state index contributed by atoms with van der Waals surface area (Å²) in [5.41, 5.74) is 0.472. The number of aromatic nitrogens is 4. The van der Waals surface area contributed by atoms with E-state index in [9.17, 15) is 13.2 Å². The average Bonchev–Trinajstić information content (AvgIpc) is 2.85. The van der Waals surface area contributed by atoms with Crippen molar-refractivity contribution in [3.05, 3.63) is 12.2 Å². The number of hydrogen-bond donors (Lipinski definition) is 2. The fourth-order valence-electron chi connectivity index (χ4n) is 2.31. The van der Waals surface area contributed by atoms with Crippen LogP contribution in [0.5, 0.6) is 0 Å². The third kappa shape index (κ3) is 2.17. The number of fused-ring (bicyclic) bond motifs is 1. The number of anilines is 1. The van der Waals surface area contributed by atoms with Crippen LogP contribution < -0.4 is 10.2 Å². The number of H-pyrrole nitrogens is 1. The maximum atomic E-state index is 12.9. The molecule has 1 fully saturated rings. The van der Waals surface area contributed by atoms with E-state index in [4.69, 9.17) is 0 Å². The summed E-state index contributed by atoms with van der Waals surface area (Å²) in [5.74, 6) is -0.897. The lowest BCUT2D eigenvalue weighted by atomic mass is 10.2. The summed E-state index contributed by atoms with van der Waals surface area (Å²) >= 11 is 0. The molecule has 6 nitrogen and oxygen atoms in total. The van der Waals surface area contributed by atoms with E-state index in [1.54, 1.807) is 0 Å². The van der Waals surface area contributed by atoms with E-state index in [0.717, 1.165) is 0 Å². The SMILES string of the molecule is C[C@@H]1CNCCN1c1nc(C(F)(F)F)nc2nc[nH]c12. The third-order valence-corrected chi connectivity index (χ3v) is 3.29. The van der Waals surface area contributed by atoms with Crippen molar-refractivity contribution in [1.82, 2.24) is 25.3 Å². The molecule has 0 aromatic carbocycles. The minimum absolute atomic E-state index is 0.0352. The molecule has 0 unspecified atom stereocenters. The van der Waals surface area contributed by atoms with Gasteiger partial charge in [-0.15, -0.1) is 0 Å². The Hall–Kier alpha value is -1.90. The van der Waals surface area contributed by atoms with Gasteiger partial charge in [0.25, 0.3) is 0 Å². The lowest BCUT2D eigenvalue weighted by Gasteiger charge is -2.35. The van der Waals surface area contributed by atoms with Gasteiger partial charge in [0.1, 0.15) is 5.52 Å². The second kappa shape index (κ2) is 4.58. The number of aromatic amines is 1. The normalized spacial score (nSPS) is 20.6. The Kier molecular flexibility index (Phi) is 3.00. The molecule has 2 aromatic heterocycles. The molecule has 0 amide bonds. The first-order valence-corrected chi connectivity index (χ1v) is 6.22. The largest absolute Gasteiger partial charge is 0.451 e. The first-order chi connectivity index (χ1) is 9.47. The van der Waals surface area contributed by atoms with Gasteiger partial charge in [0.15, 0.2) is 11.5 Å². The van der Waals surface area contributed by atoms with Crippen LogP contribution in [0.2, 0.25) is 0 Å². The van der Waals surface area contributed by atoms with Crippen molar-refractivity contribution in [1.29, 1.82) is 0 Å². The summed E-state index contributed by atoms with van der Waals surface area (Å²) in [7, 11) is 0.